The van der Waals surface area contributed by atoms with Crippen molar-refractivity contribution >= 4 is 28.8 Å². The molecule has 202 valence electrons. The van der Waals surface area contributed by atoms with Gasteiger partial charge in [0.2, 0.25) is 0 Å². The summed E-state index contributed by atoms with van der Waals surface area (Å²) in [7, 11) is 0. The Hall–Kier alpha value is -1.30. The quantitative estimate of drug-likeness (QED) is 0.111. The predicted octanol–water partition coefficient (Wildman–Crippen LogP) is 8.73. The molecule has 0 saturated carbocycles. The van der Waals surface area contributed by atoms with Gasteiger partial charge in [-0.05, 0) is 24.6 Å². The molecule has 0 unspecified atom stereocenters. The van der Waals surface area contributed by atoms with E-state index in [1.807, 2.05) is 0 Å². The van der Waals surface area contributed by atoms with Crippen LogP contribution in [-0.2, 0) is 9.59 Å². The summed E-state index contributed by atoms with van der Waals surface area (Å²) >= 11 is 1.22. The van der Waals surface area contributed by atoms with Crippen molar-refractivity contribution in [1.82, 2.24) is 4.90 Å². The van der Waals surface area contributed by atoms with Gasteiger partial charge in [-0.3, -0.25) is 14.7 Å². The highest BCUT2D eigenvalue weighted by molar-refractivity contribution is 8.18. The molecular weight excluding hydrogens is 456 g/mol. The Bertz CT molecular complexity index is 633. The number of amidine groups is 1. The second-order valence-electron chi connectivity index (χ2n) is 9.93. The normalized spacial score (nSPS) is 16.2. The second-order valence-corrected chi connectivity index (χ2v) is 10.9. The van der Waals surface area contributed by atoms with Crippen molar-refractivity contribution in [3.63, 3.8) is 0 Å². The minimum absolute atomic E-state index is 0.199. The van der Waals surface area contributed by atoms with Gasteiger partial charge in [0.05, 0.1) is 4.91 Å². The van der Waals surface area contributed by atoms with Gasteiger partial charge in [-0.1, -0.05) is 129 Å². The molecule has 0 bridgehead atoms. The van der Waals surface area contributed by atoms with E-state index in [4.69, 9.17) is 10.1 Å². The van der Waals surface area contributed by atoms with Gasteiger partial charge in [0.25, 0.3) is 5.91 Å². The Balaban J connectivity index is 2.30. The first kappa shape index (κ1) is 31.7. The molecule has 0 radical (unpaired) electrons. The van der Waals surface area contributed by atoms with Gasteiger partial charge in [0.15, 0.2) is 5.17 Å². The molecule has 1 amide bonds. The first-order chi connectivity index (χ1) is 17.1. The summed E-state index contributed by atoms with van der Waals surface area (Å²) in [6.45, 7) is 5.85. The molecular formula is C29H52N2O3S. The zero-order valence-electron chi connectivity index (χ0n) is 22.7. The Morgan fingerprint density at radius 1 is 0.743 bits per heavy atom. The number of carbonyl (C=O) groups excluding carboxylic acids is 1. The van der Waals surface area contributed by atoms with Crippen LogP contribution in [0.3, 0.4) is 0 Å². The van der Waals surface area contributed by atoms with E-state index in [-0.39, 0.29) is 10.8 Å². The summed E-state index contributed by atoms with van der Waals surface area (Å²) in [4.78, 5) is 30.5. The van der Waals surface area contributed by atoms with E-state index >= 15 is 0 Å². The van der Waals surface area contributed by atoms with Crippen molar-refractivity contribution in [3.05, 3.63) is 11.0 Å². The maximum absolute atomic E-state index is 12.7. The third-order valence-electron chi connectivity index (χ3n) is 6.64. The van der Waals surface area contributed by atoms with E-state index < -0.39 is 5.97 Å². The SMILES string of the molecule is CCCCCCCCCCCCN=C1S/C(=C\C(=O)O)C(=O)N1CCCCCCCCCCCC. The third-order valence-corrected chi connectivity index (χ3v) is 7.68. The van der Waals surface area contributed by atoms with Crippen molar-refractivity contribution in [2.45, 2.75) is 142 Å². The topological polar surface area (TPSA) is 70.0 Å². The average molecular weight is 509 g/mol. The van der Waals surface area contributed by atoms with Crippen LogP contribution in [0, 0.1) is 0 Å². The summed E-state index contributed by atoms with van der Waals surface area (Å²) in [6, 6.07) is 0. The molecule has 6 heteroatoms. The van der Waals surface area contributed by atoms with Crippen LogP contribution in [-0.4, -0.2) is 40.1 Å². The fraction of sp³-hybridized carbons (Fsp3) is 0.828. The van der Waals surface area contributed by atoms with Crippen LogP contribution in [0.2, 0.25) is 0 Å². The highest BCUT2D eigenvalue weighted by Gasteiger charge is 2.33. The minimum atomic E-state index is -1.07. The largest absolute Gasteiger partial charge is 0.478 e. The van der Waals surface area contributed by atoms with Crippen molar-refractivity contribution in [2.75, 3.05) is 13.1 Å². The summed E-state index contributed by atoms with van der Waals surface area (Å²) in [5.41, 5.74) is 0. The first-order valence-corrected chi connectivity index (χ1v) is 15.4. The van der Waals surface area contributed by atoms with Gasteiger partial charge >= 0.3 is 5.97 Å². The average Bonchev–Trinajstić information content (AvgIpc) is 3.12. The molecule has 0 spiro atoms. The van der Waals surface area contributed by atoms with Gasteiger partial charge < -0.3 is 5.11 Å². The number of aliphatic imine (C=N–C) groups is 1. The molecule has 5 nitrogen and oxygen atoms in total. The molecule has 1 rings (SSSR count). The van der Waals surface area contributed by atoms with E-state index in [1.54, 1.807) is 4.90 Å². The molecule has 1 aliphatic heterocycles. The lowest BCUT2D eigenvalue weighted by molar-refractivity contribution is -0.132. The van der Waals surface area contributed by atoms with Gasteiger partial charge in [-0.25, -0.2) is 4.79 Å². The summed E-state index contributed by atoms with van der Waals surface area (Å²) in [5.74, 6) is -1.27. The molecule has 1 saturated heterocycles. The molecule has 0 aromatic carbocycles. The highest BCUT2D eigenvalue weighted by atomic mass is 32.2. The maximum atomic E-state index is 12.7. The maximum Gasteiger partial charge on any atom is 0.329 e. The van der Waals surface area contributed by atoms with Gasteiger partial charge in [-0.2, -0.15) is 0 Å². The molecule has 1 aliphatic rings. The molecule has 1 fully saturated rings. The second kappa shape index (κ2) is 21.9. The zero-order valence-corrected chi connectivity index (χ0v) is 23.5. The number of rotatable bonds is 23. The van der Waals surface area contributed by atoms with Gasteiger partial charge in [-0.15, -0.1) is 0 Å². The van der Waals surface area contributed by atoms with Gasteiger partial charge in [0.1, 0.15) is 0 Å². The van der Waals surface area contributed by atoms with E-state index in [2.05, 4.69) is 13.8 Å². The van der Waals surface area contributed by atoms with Crippen LogP contribution in [0.5, 0.6) is 0 Å². The lowest BCUT2D eigenvalue weighted by atomic mass is 10.1. The van der Waals surface area contributed by atoms with Crippen molar-refractivity contribution in [3.8, 4) is 0 Å². The molecule has 0 aliphatic carbocycles. The number of thioether (sulfide) groups is 1. The van der Waals surface area contributed by atoms with Crippen LogP contribution < -0.4 is 0 Å². The van der Waals surface area contributed by atoms with E-state index in [9.17, 15) is 9.59 Å². The Morgan fingerprint density at radius 3 is 1.63 bits per heavy atom. The summed E-state index contributed by atoms with van der Waals surface area (Å²) in [5, 5.41) is 9.79. The summed E-state index contributed by atoms with van der Waals surface area (Å²) < 4.78 is 0. The number of carboxylic acids is 1. The number of amides is 1. The molecule has 0 atom stereocenters. The van der Waals surface area contributed by atoms with Crippen molar-refractivity contribution in [1.29, 1.82) is 0 Å². The fourth-order valence-corrected chi connectivity index (χ4v) is 5.46. The smallest absolute Gasteiger partial charge is 0.329 e. The van der Waals surface area contributed by atoms with E-state index in [0.29, 0.717) is 18.3 Å². The third kappa shape index (κ3) is 16.1. The van der Waals surface area contributed by atoms with Crippen LogP contribution >= 0.6 is 11.8 Å². The number of hydrogen-bond donors (Lipinski definition) is 1. The Labute approximate surface area is 219 Å². The molecule has 1 heterocycles. The van der Waals surface area contributed by atoms with E-state index in [1.165, 1.54) is 121 Å². The predicted molar refractivity (Wildman–Crippen MR) is 151 cm³/mol. The lowest BCUT2D eigenvalue weighted by Gasteiger charge is -2.15. The lowest BCUT2D eigenvalue weighted by Crippen LogP contribution is -2.30. The first-order valence-electron chi connectivity index (χ1n) is 14.6. The number of carbonyl (C=O) groups is 2. The van der Waals surface area contributed by atoms with Crippen molar-refractivity contribution in [2.24, 2.45) is 4.99 Å². The standard InChI is InChI=1S/C29H52N2O3S/c1-3-5-7-9-11-13-15-17-19-21-23-30-29-31(28(34)26(35-29)25-27(32)33)24-22-20-18-16-14-12-10-8-6-4-2/h25H,3-24H2,1-2H3,(H,32,33)/b26-25-,30-29?. The van der Waals surface area contributed by atoms with Crippen LogP contribution in [0.25, 0.3) is 0 Å². The van der Waals surface area contributed by atoms with Crippen LogP contribution in [0.15, 0.2) is 16.0 Å². The van der Waals surface area contributed by atoms with Gasteiger partial charge in [0, 0.05) is 19.2 Å². The summed E-state index contributed by atoms with van der Waals surface area (Å²) in [6.07, 6.45) is 26.4. The highest BCUT2D eigenvalue weighted by Crippen LogP contribution is 2.31. The molecule has 0 aromatic heterocycles. The molecule has 1 N–H and O–H groups in total. The van der Waals surface area contributed by atoms with Crippen LogP contribution in [0.4, 0.5) is 0 Å². The van der Waals surface area contributed by atoms with Crippen molar-refractivity contribution < 1.29 is 14.7 Å². The molecule has 35 heavy (non-hydrogen) atoms. The Kier molecular flexibility index (Phi) is 19.9. The Morgan fingerprint density at radius 2 is 1.17 bits per heavy atom. The number of carboxylic acid groups (broad SMARTS) is 1. The monoisotopic (exact) mass is 508 g/mol. The molecule has 0 aromatic rings. The fourth-order valence-electron chi connectivity index (χ4n) is 4.47. The number of nitrogens with zero attached hydrogens (tertiary/aromatic N) is 2. The number of hydrogen-bond acceptors (Lipinski definition) is 4. The number of aliphatic carboxylic acids is 1. The van der Waals surface area contributed by atoms with E-state index in [0.717, 1.165) is 25.3 Å². The number of unbranched alkanes of at least 4 members (excludes halogenated alkanes) is 18. The minimum Gasteiger partial charge on any atom is -0.478 e. The van der Waals surface area contributed by atoms with Crippen LogP contribution in [0.1, 0.15) is 142 Å². The zero-order chi connectivity index (χ0) is 25.6.